The van der Waals surface area contributed by atoms with Gasteiger partial charge in [0.1, 0.15) is 6.04 Å². The maximum Gasteiger partial charge on any atom is 0.257 e. The first-order valence-electron chi connectivity index (χ1n) is 8.78. The highest BCUT2D eigenvalue weighted by Crippen LogP contribution is 2.27. The minimum atomic E-state index is -0.0398. The molecule has 3 heterocycles. The van der Waals surface area contributed by atoms with Gasteiger partial charge in [0.25, 0.3) is 5.89 Å². The zero-order chi connectivity index (χ0) is 17.1. The first kappa shape index (κ1) is 16.1. The molecular formula is C19H22N4OS. The number of rotatable bonds is 5. The van der Waals surface area contributed by atoms with Crippen molar-refractivity contribution >= 4 is 22.7 Å². The van der Waals surface area contributed by atoms with Crippen LogP contribution >= 0.6 is 11.3 Å². The van der Waals surface area contributed by atoms with Gasteiger partial charge in [-0.3, -0.25) is 0 Å². The summed E-state index contributed by atoms with van der Waals surface area (Å²) < 4.78 is 5.80. The third-order valence-electron chi connectivity index (χ3n) is 4.51. The molecule has 4 rings (SSSR count). The maximum atomic E-state index is 5.80. The topological polar surface area (TPSA) is 54.2 Å². The van der Waals surface area contributed by atoms with Crippen molar-refractivity contribution in [2.45, 2.75) is 32.2 Å². The number of anilines is 2. The van der Waals surface area contributed by atoms with Gasteiger partial charge in [0.2, 0.25) is 5.89 Å². The van der Waals surface area contributed by atoms with Crippen molar-refractivity contribution in [3.05, 3.63) is 47.7 Å². The normalized spacial score (nSPS) is 16.0. The van der Waals surface area contributed by atoms with E-state index >= 15 is 0 Å². The molecule has 0 saturated carbocycles. The zero-order valence-electron chi connectivity index (χ0n) is 14.3. The quantitative estimate of drug-likeness (QED) is 0.702. The molecular weight excluding hydrogens is 332 g/mol. The molecule has 1 aliphatic heterocycles. The summed E-state index contributed by atoms with van der Waals surface area (Å²) >= 11 is 1.60. The second-order valence-electron chi connectivity index (χ2n) is 6.38. The van der Waals surface area contributed by atoms with Gasteiger partial charge in [0, 0.05) is 24.5 Å². The van der Waals surface area contributed by atoms with E-state index in [9.17, 15) is 0 Å². The lowest BCUT2D eigenvalue weighted by Crippen LogP contribution is -2.29. The van der Waals surface area contributed by atoms with Crippen LogP contribution in [0.15, 0.2) is 46.2 Å². The van der Waals surface area contributed by atoms with E-state index in [-0.39, 0.29) is 6.04 Å². The van der Waals surface area contributed by atoms with Gasteiger partial charge < -0.3 is 14.6 Å². The Balaban J connectivity index is 1.41. The number of benzene rings is 1. The molecule has 0 aliphatic carbocycles. The van der Waals surface area contributed by atoms with Crippen molar-refractivity contribution in [2.75, 3.05) is 23.3 Å². The molecule has 1 aliphatic rings. The fraction of sp³-hybridized carbons (Fsp3) is 0.368. The molecule has 0 spiro atoms. The smallest absolute Gasteiger partial charge is 0.257 e. The highest BCUT2D eigenvalue weighted by Gasteiger charge is 2.16. The monoisotopic (exact) mass is 354 g/mol. The SMILES string of the molecule is C[C@@H](Nc1ccc(N2CCCCC2)cc1)c1nnc(-c2cccs2)o1. The predicted molar refractivity (Wildman–Crippen MR) is 102 cm³/mol. The van der Waals surface area contributed by atoms with Crippen molar-refractivity contribution in [1.82, 2.24) is 10.2 Å². The van der Waals surface area contributed by atoms with Crippen LogP contribution < -0.4 is 10.2 Å². The van der Waals surface area contributed by atoms with E-state index in [4.69, 9.17) is 4.42 Å². The highest BCUT2D eigenvalue weighted by molar-refractivity contribution is 7.13. The van der Waals surface area contributed by atoms with Crippen LogP contribution in [0.25, 0.3) is 10.8 Å². The molecule has 2 aromatic heterocycles. The van der Waals surface area contributed by atoms with E-state index in [2.05, 4.69) is 44.7 Å². The average molecular weight is 354 g/mol. The molecule has 130 valence electrons. The number of piperidine rings is 1. The van der Waals surface area contributed by atoms with E-state index < -0.39 is 0 Å². The minimum absolute atomic E-state index is 0.0398. The molecule has 3 aromatic rings. The standard InChI is InChI=1S/C19H22N4OS/c1-14(18-21-22-19(24-18)17-6-5-13-25-17)20-15-7-9-16(10-8-15)23-11-3-2-4-12-23/h5-10,13-14,20H,2-4,11-12H2,1H3/t14-/m1/s1. The molecule has 1 aromatic carbocycles. The number of hydrogen-bond acceptors (Lipinski definition) is 6. The largest absolute Gasteiger partial charge is 0.418 e. The number of nitrogens with zero attached hydrogens (tertiary/aromatic N) is 3. The Bertz CT molecular complexity index is 791. The third kappa shape index (κ3) is 3.69. The van der Waals surface area contributed by atoms with Crippen LogP contribution in [0.4, 0.5) is 11.4 Å². The van der Waals surface area contributed by atoms with Crippen molar-refractivity contribution in [3.63, 3.8) is 0 Å². The third-order valence-corrected chi connectivity index (χ3v) is 5.37. The maximum absolute atomic E-state index is 5.80. The van der Waals surface area contributed by atoms with Crippen molar-refractivity contribution in [2.24, 2.45) is 0 Å². The van der Waals surface area contributed by atoms with Crippen molar-refractivity contribution in [3.8, 4) is 10.8 Å². The lowest BCUT2D eigenvalue weighted by Gasteiger charge is -2.29. The summed E-state index contributed by atoms with van der Waals surface area (Å²) in [5, 5.41) is 13.8. The van der Waals surface area contributed by atoms with Crippen LogP contribution in [0.1, 0.15) is 38.1 Å². The van der Waals surface area contributed by atoms with E-state index in [1.165, 1.54) is 24.9 Å². The van der Waals surface area contributed by atoms with Gasteiger partial charge in [-0.2, -0.15) is 0 Å². The van der Waals surface area contributed by atoms with Crippen LogP contribution in [0, 0.1) is 0 Å². The Kier molecular flexibility index (Phi) is 4.70. The molecule has 1 N–H and O–H groups in total. The Morgan fingerprint density at radius 3 is 2.60 bits per heavy atom. The molecule has 0 radical (unpaired) electrons. The first-order valence-corrected chi connectivity index (χ1v) is 9.66. The van der Waals surface area contributed by atoms with Gasteiger partial charge in [-0.15, -0.1) is 21.5 Å². The number of aromatic nitrogens is 2. The first-order chi connectivity index (χ1) is 12.3. The van der Waals surface area contributed by atoms with E-state index in [0.29, 0.717) is 11.8 Å². The van der Waals surface area contributed by atoms with E-state index in [1.54, 1.807) is 11.3 Å². The van der Waals surface area contributed by atoms with Crippen LogP contribution in [0.5, 0.6) is 0 Å². The van der Waals surface area contributed by atoms with Crippen molar-refractivity contribution < 1.29 is 4.42 Å². The highest BCUT2D eigenvalue weighted by atomic mass is 32.1. The Labute approximate surface area is 151 Å². The summed E-state index contributed by atoms with van der Waals surface area (Å²) in [6.07, 6.45) is 3.94. The second-order valence-corrected chi connectivity index (χ2v) is 7.33. The molecule has 5 nitrogen and oxygen atoms in total. The molecule has 1 saturated heterocycles. The second kappa shape index (κ2) is 7.27. The van der Waals surface area contributed by atoms with E-state index in [0.717, 1.165) is 23.7 Å². The lowest BCUT2D eigenvalue weighted by atomic mass is 10.1. The molecule has 6 heteroatoms. The van der Waals surface area contributed by atoms with Crippen LogP contribution in [0.2, 0.25) is 0 Å². The fourth-order valence-corrected chi connectivity index (χ4v) is 3.79. The van der Waals surface area contributed by atoms with Crippen LogP contribution in [-0.2, 0) is 0 Å². The van der Waals surface area contributed by atoms with Crippen LogP contribution in [-0.4, -0.2) is 23.3 Å². The fourth-order valence-electron chi connectivity index (χ4n) is 3.14. The molecule has 1 fully saturated rings. The van der Waals surface area contributed by atoms with Gasteiger partial charge in [-0.1, -0.05) is 6.07 Å². The van der Waals surface area contributed by atoms with Crippen molar-refractivity contribution in [1.29, 1.82) is 0 Å². The van der Waals surface area contributed by atoms with Gasteiger partial charge in [0.05, 0.1) is 4.88 Å². The summed E-state index contributed by atoms with van der Waals surface area (Å²) in [7, 11) is 0. The van der Waals surface area contributed by atoms with Crippen LogP contribution in [0.3, 0.4) is 0 Å². The Morgan fingerprint density at radius 1 is 1.08 bits per heavy atom. The molecule has 0 bridgehead atoms. The summed E-state index contributed by atoms with van der Waals surface area (Å²) in [5.41, 5.74) is 2.36. The van der Waals surface area contributed by atoms with Gasteiger partial charge in [-0.05, 0) is 61.9 Å². The molecule has 1 atom stereocenters. The average Bonchev–Trinajstić information content (AvgIpc) is 3.35. The van der Waals surface area contributed by atoms with Gasteiger partial charge >= 0.3 is 0 Å². The molecule has 0 unspecified atom stereocenters. The zero-order valence-corrected chi connectivity index (χ0v) is 15.1. The Morgan fingerprint density at radius 2 is 1.88 bits per heavy atom. The number of nitrogens with one attached hydrogen (secondary N) is 1. The van der Waals surface area contributed by atoms with E-state index in [1.807, 2.05) is 24.4 Å². The number of hydrogen-bond donors (Lipinski definition) is 1. The number of thiophene rings is 1. The Hall–Kier alpha value is -2.34. The lowest BCUT2D eigenvalue weighted by molar-refractivity contribution is 0.486. The summed E-state index contributed by atoms with van der Waals surface area (Å²) in [5.74, 6) is 1.18. The van der Waals surface area contributed by atoms with Gasteiger partial charge in [-0.25, -0.2) is 0 Å². The summed E-state index contributed by atoms with van der Waals surface area (Å²) in [6, 6.07) is 12.5. The molecule has 25 heavy (non-hydrogen) atoms. The summed E-state index contributed by atoms with van der Waals surface area (Å²) in [4.78, 5) is 3.46. The minimum Gasteiger partial charge on any atom is -0.418 e. The predicted octanol–water partition coefficient (Wildman–Crippen LogP) is 4.96. The van der Waals surface area contributed by atoms with Gasteiger partial charge in [0.15, 0.2) is 0 Å². The molecule has 0 amide bonds. The summed E-state index contributed by atoms with van der Waals surface area (Å²) in [6.45, 7) is 4.36.